The van der Waals surface area contributed by atoms with Crippen molar-refractivity contribution in [2.45, 2.75) is 6.92 Å². The average Bonchev–Trinajstić information content (AvgIpc) is 2.50. The fraction of sp³-hybridized carbons (Fsp3) is 0.125. The molecule has 0 saturated carbocycles. The van der Waals surface area contributed by atoms with Gasteiger partial charge in [-0.05, 0) is 49.0 Å². The van der Waals surface area contributed by atoms with Crippen LogP contribution in [0.3, 0.4) is 0 Å². The largest absolute Gasteiger partial charge is 0.496 e. The molecule has 0 spiro atoms. The Kier molecular flexibility index (Phi) is 5.82. The van der Waals surface area contributed by atoms with Crippen molar-refractivity contribution in [1.82, 2.24) is 5.32 Å². The Morgan fingerprint density at radius 3 is 2.57 bits per heavy atom. The van der Waals surface area contributed by atoms with Crippen molar-refractivity contribution in [2.75, 3.05) is 12.4 Å². The molecule has 0 aromatic heterocycles. The minimum absolute atomic E-state index is 0.150. The lowest BCUT2D eigenvalue weighted by molar-refractivity contribution is 0.0974. The van der Waals surface area contributed by atoms with Crippen LogP contribution < -0.4 is 15.4 Å². The summed E-state index contributed by atoms with van der Waals surface area (Å²) in [4.78, 5) is 12.3. The summed E-state index contributed by atoms with van der Waals surface area (Å²) in [5, 5.41) is 6.47. The van der Waals surface area contributed by atoms with Crippen LogP contribution in [0.1, 0.15) is 15.9 Å². The van der Waals surface area contributed by atoms with Gasteiger partial charge in [-0.3, -0.25) is 10.1 Å². The molecule has 0 atom stereocenters. The molecular formula is C16H14Cl2N2O2S. The van der Waals surface area contributed by atoms with E-state index in [4.69, 9.17) is 40.2 Å². The Hall–Kier alpha value is -1.82. The number of thiocarbonyl (C=S) groups is 1. The van der Waals surface area contributed by atoms with Crippen molar-refractivity contribution in [2.24, 2.45) is 0 Å². The quantitative estimate of drug-likeness (QED) is 0.786. The van der Waals surface area contributed by atoms with Crippen molar-refractivity contribution in [3.05, 3.63) is 57.6 Å². The molecule has 0 aliphatic rings. The molecule has 0 heterocycles. The third-order valence-electron chi connectivity index (χ3n) is 3.07. The van der Waals surface area contributed by atoms with Gasteiger partial charge < -0.3 is 10.1 Å². The van der Waals surface area contributed by atoms with Gasteiger partial charge in [0.25, 0.3) is 5.91 Å². The molecule has 2 N–H and O–H groups in total. The molecule has 2 aromatic carbocycles. The molecule has 0 aliphatic carbocycles. The van der Waals surface area contributed by atoms with Crippen LogP contribution in [0.5, 0.6) is 5.75 Å². The normalized spacial score (nSPS) is 10.1. The van der Waals surface area contributed by atoms with Gasteiger partial charge in [0.15, 0.2) is 5.11 Å². The number of amides is 1. The molecule has 23 heavy (non-hydrogen) atoms. The van der Waals surface area contributed by atoms with Gasteiger partial charge >= 0.3 is 0 Å². The number of aryl methyl sites for hydroxylation is 1. The van der Waals surface area contributed by atoms with E-state index in [9.17, 15) is 4.79 Å². The number of anilines is 1. The lowest BCUT2D eigenvalue weighted by Gasteiger charge is -2.13. The molecule has 7 heteroatoms. The Balaban J connectivity index is 2.09. The highest BCUT2D eigenvalue weighted by atomic mass is 35.5. The molecule has 4 nitrogen and oxygen atoms in total. The third-order valence-corrected chi connectivity index (χ3v) is 4.01. The second kappa shape index (κ2) is 7.64. The molecule has 0 radical (unpaired) electrons. The summed E-state index contributed by atoms with van der Waals surface area (Å²) in [6.07, 6.45) is 0. The van der Waals surface area contributed by atoms with E-state index in [-0.39, 0.29) is 11.0 Å². The zero-order valence-corrected chi connectivity index (χ0v) is 14.8. The first kappa shape index (κ1) is 17.5. The van der Waals surface area contributed by atoms with E-state index in [1.54, 1.807) is 30.3 Å². The first-order valence-electron chi connectivity index (χ1n) is 6.63. The van der Waals surface area contributed by atoms with E-state index in [2.05, 4.69) is 10.6 Å². The summed E-state index contributed by atoms with van der Waals surface area (Å²) < 4.78 is 5.27. The second-order valence-corrected chi connectivity index (χ2v) is 5.92. The molecule has 2 aromatic rings. The van der Waals surface area contributed by atoms with Crippen molar-refractivity contribution in [1.29, 1.82) is 0 Å². The van der Waals surface area contributed by atoms with Gasteiger partial charge in [0.05, 0.1) is 22.7 Å². The maximum absolute atomic E-state index is 12.3. The molecule has 0 bridgehead atoms. The van der Waals surface area contributed by atoms with Crippen LogP contribution in [0.15, 0.2) is 36.4 Å². The molecule has 0 unspecified atom stereocenters. The fourth-order valence-electron chi connectivity index (χ4n) is 2.01. The van der Waals surface area contributed by atoms with Gasteiger partial charge in [0.2, 0.25) is 0 Å². The van der Waals surface area contributed by atoms with Crippen molar-refractivity contribution in [3.8, 4) is 5.75 Å². The first-order chi connectivity index (χ1) is 10.9. The number of halogens is 2. The number of methoxy groups -OCH3 is 1. The molecule has 0 saturated heterocycles. The monoisotopic (exact) mass is 368 g/mol. The predicted octanol–water partition coefficient (Wildman–Crippen LogP) is 4.44. The van der Waals surface area contributed by atoms with Crippen LogP contribution in [0.4, 0.5) is 5.69 Å². The highest BCUT2D eigenvalue weighted by Gasteiger charge is 2.15. The molecule has 2 rings (SSSR count). The first-order valence-corrected chi connectivity index (χ1v) is 7.79. The van der Waals surface area contributed by atoms with E-state index in [0.717, 1.165) is 5.56 Å². The van der Waals surface area contributed by atoms with Crippen LogP contribution in [-0.4, -0.2) is 18.1 Å². The summed E-state index contributed by atoms with van der Waals surface area (Å²) in [6.45, 7) is 1.86. The highest BCUT2D eigenvalue weighted by Crippen LogP contribution is 2.25. The summed E-state index contributed by atoms with van der Waals surface area (Å²) in [5.74, 6) is 0.158. The Morgan fingerprint density at radius 1 is 1.17 bits per heavy atom. The average molecular weight is 369 g/mol. The van der Waals surface area contributed by atoms with E-state index >= 15 is 0 Å². The number of carbonyl (C=O) groups is 1. The van der Waals surface area contributed by atoms with Crippen LogP contribution in [-0.2, 0) is 0 Å². The summed E-state index contributed by atoms with van der Waals surface area (Å²) in [6, 6.07) is 10.3. The predicted molar refractivity (Wildman–Crippen MR) is 97.9 cm³/mol. The number of nitrogens with one attached hydrogen (secondary N) is 2. The highest BCUT2D eigenvalue weighted by molar-refractivity contribution is 7.80. The number of carbonyl (C=O) groups excluding carboxylic acids is 1. The third kappa shape index (κ3) is 4.34. The zero-order valence-electron chi connectivity index (χ0n) is 12.4. The number of hydrogen-bond acceptors (Lipinski definition) is 3. The van der Waals surface area contributed by atoms with Crippen molar-refractivity contribution < 1.29 is 9.53 Å². The maximum Gasteiger partial charge on any atom is 0.261 e. The van der Waals surface area contributed by atoms with Crippen molar-refractivity contribution in [3.63, 3.8) is 0 Å². The number of hydrogen-bond donors (Lipinski definition) is 2. The zero-order chi connectivity index (χ0) is 17.0. The minimum atomic E-state index is -0.358. The molecule has 0 fully saturated rings. The maximum atomic E-state index is 12.3. The standard InChI is InChI=1S/C16H14Cl2N2O2S/c1-9-4-3-5-11(14(9)22-2)15(21)20-16(23)19-10-6-7-12(17)13(18)8-10/h3-8H,1-2H3,(H2,19,20,21,23). The van der Waals surface area contributed by atoms with Crippen LogP contribution in [0.2, 0.25) is 10.0 Å². The number of benzene rings is 2. The SMILES string of the molecule is COc1c(C)cccc1C(=O)NC(=S)Nc1ccc(Cl)c(Cl)c1. The summed E-state index contributed by atoms with van der Waals surface area (Å²) in [7, 11) is 1.52. The molecular weight excluding hydrogens is 355 g/mol. The second-order valence-electron chi connectivity index (χ2n) is 4.69. The van der Waals surface area contributed by atoms with E-state index in [1.165, 1.54) is 7.11 Å². The van der Waals surface area contributed by atoms with Gasteiger partial charge in [0, 0.05) is 5.69 Å². The van der Waals surface area contributed by atoms with Gasteiger partial charge in [-0.2, -0.15) is 0 Å². The topological polar surface area (TPSA) is 50.4 Å². The molecule has 120 valence electrons. The van der Waals surface area contributed by atoms with Crippen LogP contribution in [0, 0.1) is 6.92 Å². The number of ether oxygens (including phenoxy) is 1. The van der Waals surface area contributed by atoms with E-state index in [1.807, 2.05) is 13.0 Å². The lowest BCUT2D eigenvalue weighted by Crippen LogP contribution is -2.34. The Morgan fingerprint density at radius 2 is 1.91 bits per heavy atom. The number of rotatable bonds is 3. The smallest absolute Gasteiger partial charge is 0.261 e. The van der Waals surface area contributed by atoms with Crippen LogP contribution in [0.25, 0.3) is 0 Å². The minimum Gasteiger partial charge on any atom is -0.496 e. The summed E-state index contributed by atoms with van der Waals surface area (Å²) in [5.41, 5.74) is 1.90. The van der Waals surface area contributed by atoms with E-state index in [0.29, 0.717) is 27.0 Å². The van der Waals surface area contributed by atoms with Gasteiger partial charge in [-0.1, -0.05) is 35.3 Å². The molecule has 1 amide bonds. The Bertz CT molecular complexity index is 766. The summed E-state index contributed by atoms with van der Waals surface area (Å²) >= 11 is 16.9. The van der Waals surface area contributed by atoms with Gasteiger partial charge in [0.1, 0.15) is 5.75 Å². The molecule has 0 aliphatic heterocycles. The number of para-hydroxylation sites is 1. The van der Waals surface area contributed by atoms with Gasteiger partial charge in [-0.25, -0.2) is 0 Å². The van der Waals surface area contributed by atoms with Crippen molar-refractivity contribution >= 4 is 52.1 Å². The Labute approximate surface area is 149 Å². The fourth-order valence-corrected chi connectivity index (χ4v) is 2.52. The van der Waals surface area contributed by atoms with E-state index < -0.39 is 0 Å². The van der Waals surface area contributed by atoms with Gasteiger partial charge in [-0.15, -0.1) is 0 Å². The lowest BCUT2D eigenvalue weighted by atomic mass is 10.1. The van der Waals surface area contributed by atoms with Crippen LogP contribution >= 0.6 is 35.4 Å².